The molecule has 0 unspecified atom stereocenters. The van der Waals surface area contributed by atoms with Crippen molar-refractivity contribution in [1.29, 1.82) is 0 Å². The molecule has 0 bridgehead atoms. The number of hydrogen-bond acceptors (Lipinski definition) is 3. The van der Waals surface area contributed by atoms with Crippen molar-refractivity contribution >= 4 is 35.8 Å². The monoisotopic (exact) mass is 465 g/mol. The number of guanidine groups is 1. The van der Waals surface area contributed by atoms with Gasteiger partial charge in [-0.1, -0.05) is 6.42 Å². The van der Waals surface area contributed by atoms with Crippen LogP contribution in [0.5, 0.6) is 0 Å². The first-order chi connectivity index (χ1) is 11.5. The van der Waals surface area contributed by atoms with Gasteiger partial charge < -0.3 is 15.5 Å². The molecule has 25 heavy (non-hydrogen) atoms. The van der Waals surface area contributed by atoms with Gasteiger partial charge in [-0.15, -0.1) is 24.0 Å². The highest BCUT2D eigenvalue weighted by Crippen LogP contribution is 2.19. The second-order valence-corrected chi connectivity index (χ2v) is 7.58. The number of hydrogen-bond donors (Lipinski definition) is 2. The summed E-state index contributed by atoms with van der Waals surface area (Å²) in [5.41, 5.74) is 0.0922. The zero-order valence-corrected chi connectivity index (χ0v) is 18.5. The van der Waals surface area contributed by atoms with Crippen LogP contribution in [-0.2, 0) is 4.79 Å². The predicted molar refractivity (Wildman–Crippen MR) is 115 cm³/mol. The Morgan fingerprint density at radius 2 is 1.52 bits per heavy atom. The molecule has 0 radical (unpaired) electrons. The normalized spacial score (nSPS) is 20.0. The van der Waals surface area contributed by atoms with Gasteiger partial charge in [0.25, 0.3) is 0 Å². The van der Waals surface area contributed by atoms with Crippen molar-refractivity contribution in [3.8, 4) is 0 Å². The van der Waals surface area contributed by atoms with Gasteiger partial charge >= 0.3 is 0 Å². The van der Waals surface area contributed by atoms with Crippen LogP contribution < -0.4 is 10.6 Å². The minimum atomic E-state index is 0. The molecule has 6 nitrogen and oxygen atoms in total. The van der Waals surface area contributed by atoms with Gasteiger partial charge in [0, 0.05) is 32.2 Å². The van der Waals surface area contributed by atoms with Crippen molar-refractivity contribution < 1.29 is 4.79 Å². The SMILES string of the molecule is CN=C(NCC(=O)N1CCCCC1)NCC(C)(C)N1CCCCC1.I. The zero-order chi connectivity index (χ0) is 17.4. The van der Waals surface area contributed by atoms with Gasteiger partial charge in [-0.25, -0.2) is 0 Å². The predicted octanol–water partition coefficient (Wildman–Crippen LogP) is 2.05. The fraction of sp³-hybridized carbons (Fsp3) is 0.889. The van der Waals surface area contributed by atoms with Crippen LogP contribution in [0.2, 0.25) is 0 Å². The first-order valence-electron chi connectivity index (χ1n) is 9.50. The Morgan fingerprint density at radius 1 is 0.960 bits per heavy atom. The van der Waals surface area contributed by atoms with Gasteiger partial charge in [-0.2, -0.15) is 0 Å². The summed E-state index contributed by atoms with van der Waals surface area (Å²) in [6.45, 7) is 9.84. The molecule has 7 heteroatoms. The van der Waals surface area contributed by atoms with E-state index in [2.05, 4.69) is 34.4 Å². The number of amides is 1. The number of carbonyl (C=O) groups is 1. The number of likely N-dealkylation sites (tertiary alicyclic amines) is 2. The molecule has 2 saturated heterocycles. The summed E-state index contributed by atoms with van der Waals surface area (Å²) < 4.78 is 0. The summed E-state index contributed by atoms with van der Waals surface area (Å²) in [6.07, 6.45) is 7.43. The number of carbonyl (C=O) groups excluding carboxylic acids is 1. The van der Waals surface area contributed by atoms with Crippen molar-refractivity contribution in [2.75, 3.05) is 46.3 Å². The number of nitrogens with zero attached hydrogens (tertiary/aromatic N) is 3. The molecule has 2 fully saturated rings. The summed E-state index contributed by atoms with van der Waals surface area (Å²) in [4.78, 5) is 21.0. The summed E-state index contributed by atoms with van der Waals surface area (Å²) in [5.74, 6) is 0.887. The van der Waals surface area contributed by atoms with Crippen LogP contribution in [0, 0.1) is 0 Å². The Hall–Kier alpha value is -0.570. The summed E-state index contributed by atoms with van der Waals surface area (Å²) in [5, 5.41) is 6.56. The van der Waals surface area contributed by atoms with Crippen LogP contribution in [0.3, 0.4) is 0 Å². The van der Waals surface area contributed by atoms with Gasteiger partial charge in [0.2, 0.25) is 5.91 Å². The van der Waals surface area contributed by atoms with Crippen LogP contribution in [0.1, 0.15) is 52.4 Å². The van der Waals surface area contributed by atoms with Gasteiger partial charge in [-0.3, -0.25) is 14.7 Å². The standard InChI is InChI=1S/C18H35N5O.HI/c1-18(2,23-12-8-5-9-13-23)15-21-17(19-3)20-14-16(24)22-10-6-4-7-11-22;/h4-15H2,1-3H3,(H2,19,20,21);1H. The lowest BCUT2D eigenvalue weighted by molar-refractivity contribution is -0.130. The molecule has 2 rings (SSSR count). The molecular weight excluding hydrogens is 429 g/mol. The van der Waals surface area contributed by atoms with Crippen molar-refractivity contribution in [3.05, 3.63) is 0 Å². The largest absolute Gasteiger partial charge is 0.355 e. The molecule has 146 valence electrons. The average molecular weight is 465 g/mol. The Morgan fingerprint density at radius 3 is 2.08 bits per heavy atom. The highest BCUT2D eigenvalue weighted by molar-refractivity contribution is 14.0. The summed E-state index contributed by atoms with van der Waals surface area (Å²) in [6, 6.07) is 0. The maximum Gasteiger partial charge on any atom is 0.241 e. The molecule has 0 aliphatic carbocycles. The van der Waals surface area contributed by atoms with Crippen molar-refractivity contribution in [2.45, 2.75) is 57.9 Å². The summed E-state index contributed by atoms with van der Waals surface area (Å²) >= 11 is 0. The molecule has 2 heterocycles. The fourth-order valence-corrected chi connectivity index (χ4v) is 3.55. The van der Waals surface area contributed by atoms with E-state index in [-0.39, 0.29) is 35.4 Å². The Kier molecular flexibility index (Phi) is 10.1. The van der Waals surface area contributed by atoms with Gasteiger partial charge in [0.15, 0.2) is 5.96 Å². The lowest BCUT2D eigenvalue weighted by Gasteiger charge is -2.41. The molecule has 0 saturated carbocycles. The third kappa shape index (κ3) is 7.29. The first-order valence-corrected chi connectivity index (χ1v) is 9.50. The molecule has 2 aliphatic heterocycles. The first kappa shape index (κ1) is 22.5. The minimum Gasteiger partial charge on any atom is -0.355 e. The molecule has 2 aliphatic rings. The molecule has 2 N–H and O–H groups in total. The molecule has 1 amide bonds. The quantitative estimate of drug-likeness (QED) is 0.371. The second-order valence-electron chi connectivity index (χ2n) is 7.58. The molecule has 0 aromatic carbocycles. The van der Waals surface area contributed by atoms with Crippen LogP contribution in [0.25, 0.3) is 0 Å². The minimum absolute atomic E-state index is 0. The van der Waals surface area contributed by atoms with Crippen molar-refractivity contribution in [1.82, 2.24) is 20.4 Å². The van der Waals surface area contributed by atoms with E-state index >= 15 is 0 Å². The number of rotatable bonds is 5. The van der Waals surface area contributed by atoms with E-state index in [1.54, 1.807) is 7.05 Å². The zero-order valence-electron chi connectivity index (χ0n) is 16.1. The van der Waals surface area contributed by atoms with E-state index in [0.29, 0.717) is 12.5 Å². The molecular formula is C18H36IN5O. The van der Waals surface area contributed by atoms with E-state index in [0.717, 1.165) is 32.5 Å². The van der Waals surface area contributed by atoms with E-state index in [9.17, 15) is 4.79 Å². The number of piperidine rings is 2. The number of nitrogens with one attached hydrogen (secondary N) is 2. The molecule has 0 aromatic heterocycles. The van der Waals surface area contributed by atoms with E-state index in [4.69, 9.17) is 0 Å². The second kappa shape index (κ2) is 11.2. The van der Waals surface area contributed by atoms with Crippen molar-refractivity contribution in [3.63, 3.8) is 0 Å². The third-order valence-corrected chi connectivity index (χ3v) is 5.24. The lowest BCUT2D eigenvalue weighted by Crippen LogP contribution is -2.55. The van der Waals surface area contributed by atoms with Crippen LogP contribution in [0.4, 0.5) is 0 Å². The highest BCUT2D eigenvalue weighted by Gasteiger charge is 2.28. The topological polar surface area (TPSA) is 60.0 Å². The maximum atomic E-state index is 12.2. The number of aliphatic imine (C=N–C) groups is 1. The maximum absolute atomic E-state index is 12.2. The van der Waals surface area contributed by atoms with E-state index < -0.39 is 0 Å². The Balaban J connectivity index is 0.00000312. The molecule has 0 atom stereocenters. The van der Waals surface area contributed by atoms with E-state index in [1.807, 2.05) is 4.90 Å². The molecule has 0 aromatic rings. The number of halogens is 1. The highest BCUT2D eigenvalue weighted by atomic mass is 127. The fourth-order valence-electron chi connectivity index (χ4n) is 3.55. The average Bonchev–Trinajstić information content (AvgIpc) is 2.63. The van der Waals surface area contributed by atoms with Crippen LogP contribution in [0.15, 0.2) is 4.99 Å². The van der Waals surface area contributed by atoms with E-state index in [1.165, 1.54) is 38.8 Å². The van der Waals surface area contributed by atoms with Crippen molar-refractivity contribution in [2.24, 2.45) is 4.99 Å². The Bertz CT molecular complexity index is 429. The summed E-state index contributed by atoms with van der Waals surface area (Å²) in [7, 11) is 1.76. The van der Waals surface area contributed by atoms with Gasteiger partial charge in [0.1, 0.15) is 0 Å². The lowest BCUT2D eigenvalue weighted by atomic mass is 9.98. The smallest absolute Gasteiger partial charge is 0.241 e. The van der Waals surface area contributed by atoms with Crippen LogP contribution in [-0.4, -0.2) is 73.5 Å². The third-order valence-electron chi connectivity index (χ3n) is 5.24. The van der Waals surface area contributed by atoms with Crippen LogP contribution >= 0.6 is 24.0 Å². The Labute approximate surface area is 170 Å². The van der Waals surface area contributed by atoms with Gasteiger partial charge in [-0.05, 0) is 59.0 Å². The van der Waals surface area contributed by atoms with Gasteiger partial charge in [0.05, 0.1) is 6.54 Å². The molecule has 0 spiro atoms.